The minimum atomic E-state index is -0.477. The fourth-order valence-corrected chi connectivity index (χ4v) is 2.51. The first-order valence-corrected chi connectivity index (χ1v) is 5.37. The summed E-state index contributed by atoms with van der Waals surface area (Å²) in [4.78, 5) is 0. The minimum Gasteiger partial charge on any atom is -0.387 e. The maximum absolute atomic E-state index is 10.3. The van der Waals surface area contributed by atoms with Crippen LogP contribution in [0, 0.1) is 5.92 Å². The highest BCUT2D eigenvalue weighted by Gasteiger charge is 2.40. The van der Waals surface area contributed by atoms with Crippen molar-refractivity contribution in [3.8, 4) is 0 Å². The van der Waals surface area contributed by atoms with E-state index in [1.165, 1.54) is 6.42 Å². The molecular weight excluding hydrogens is 164 g/mol. The maximum atomic E-state index is 10.3. The van der Waals surface area contributed by atoms with Crippen molar-refractivity contribution in [1.29, 1.82) is 0 Å². The van der Waals surface area contributed by atoms with Crippen molar-refractivity contribution in [2.45, 2.75) is 37.8 Å². The third-order valence-corrected chi connectivity index (χ3v) is 3.48. The Morgan fingerprint density at radius 1 is 1.38 bits per heavy atom. The van der Waals surface area contributed by atoms with E-state index in [2.05, 4.69) is 17.6 Å². The smallest absolute Gasteiger partial charge is 0.0935 e. The number of aliphatic hydroxyl groups is 1. The number of β-amino-alcohol motifs (C(OH)–C–C–N with tert-alkyl or cyclic N) is 1. The predicted octanol–water partition coefficient (Wildman–Crippen LogP) is 0.0989. The first kappa shape index (κ1) is 9.44. The van der Waals surface area contributed by atoms with Gasteiger partial charge in [-0.1, -0.05) is 6.92 Å². The standard InChI is InChI=1S/C10H20N2O/c1-8-2-4-12-9(6-8)10(13)3-5-11-7-10/h8-9,11-13H,2-7H2,1H3. The molecule has 3 N–H and O–H groups in total. The van der Waals surface area contributed by atoms with E-state index in [4.69, 9.17) is 0 Å². The van der Waals surface area contributed by atoms with Crippen LogP contribution in [0.15, 0.2) is 0 Å². The lowest BCUT2D eigenvalue weighted by atomic mass is 9.83. The maximum Gasteiger partial charge on any atom is 0.0935 e. The van der Waals surface area contributed by atoms with Gasteiger partial charge in [-0.25, -0.2) is 0 Å². The zero-order valence-corrected chi connectivity index (χ0v) is 8.34. The Bertz CT molecular complexity index is 178. The van der Waals surface area contributed by atoms with Gasteiger partial charge in [0, 0.05) is 12.6 Å². The topological polar surface area (TPSA) is 44.3 Å². The number of rotatable bonds is 1. The van der Waals surface area contributed by atoms with Gasteiger partial charge in [-0.3, -0.25) is 0 Å². The molecule has 76 valence electrons. The van der Waals surface area contributed by atoms with Gasteiger partial charge in [-0.05, 0) is 38.3 Å². The van der Waals surface area contributed by atoms with E-state index in [0.717, 1.165) is 38.4 Å². The van der Waals surface area contributed by atoms with E-state index in [0.29, 0.717) is 6.04 Å². The summed E-state index contributed by atoms with van der Waals surface area (Å²) in [7, 11) is 0. The van der Waals surface area contributed by atoms with Crippen LogP contribution in [-0.4, -0.2) is 36.4 Å². The first-order chi connectivity index (χ1) is 6.21. The summed E-state index contributed by atoms with van der Waals surface area (Å²) in [6.45, 7) is 5.06. The average molecular weight is 184 g/mol. The SMILES string of the molecule is CC1CCNC(C2(O)CCNC2)C1. The lowest BCUT2D eigenvalue weighted by Crippen LogP contribution is -2.55. The lowest BCUT2D eigenvalue weighted by Gasteiger charge is -2.38. The highest BCUT2D eigenvalue weighted by Crippen LogP contribution is 2.27. The Hall–Kier alpha value is -0.120. The van der Waals surface area contributed by atoms with Crippen molar-refractivity contribution in [1.82, 2.24) is 10.6 Å². The van der Waals surface area contributed by atoms with Gasteiger partial charge >= 0.3 is 0 Å². The summed E-state index contributed by atoms with van der Waals surface area (Å²) < 4.78 is 0. The van der Waals surface area contributed by atoms with Crippen molar-refractivity contribution < 1.29 is 5.11 Å². The van der Waals surface area contributed by atoms with Crippen molar-refractivity contribution in [3.05, 3.63) is 0 Å². The zero-order valence-electron chi connectivity index (χ0n) is 8.34. The molecule has 0 saturated carbocycles. The van der Waals surface area contributed by atoms with Gasteiger partial charge in [0.25, 0.3) is 0 Å². The summed E-state index contributed by atoms with van der Waals surface area (Å²) >= 11 is 0. The Balaban J connectivity index is 1.98. The molecule has 2 saturated heterocycles. The second kappa shape index (κ2) is 3.56. The molecule has 0 aliphatic carbocycles. The largest absolute Gasteiger partial charge is 0.387 e. The molecule has 0 radical (unpaired) electrons. The van der Waals surface area contributed by atoms with Gasteiger partial charge in [0.1, 0.15) is 0 Å². The van der Waals surface area contributed by atoms with Gasteiger partial charge in [0.15, 0.2) is 0 Å². The summed E-state index contributed by atoms with van der Waals surface area (Å²) in [6, 6.07) is 0.311. The third-order valence-electron chi connectivity index (χ3n) is 3.48. The van der Waals surface area contributed by atoms with Gasteiger partial charge in [-0.15, -0.1) is 0 Å². The number of hydrogen-bond donors (Lipinski definition) is 3. The second-order valence-corrected chi connectivity index (χ2v) is 4.67. The molecule has 2 rings (SSSR count). The Morgan fingerprint density at radius 3 is 2.85 bits per heavy atom. The molecule has 0 bridgehead atoms. The molecule has 3 atom stereocenters. The summed E-state index contributed by atoms with van der Waals surface area (Å²) in [5.74, 6) is 0.760. The molecule has 2 heterocycles. The number of hydrogen-bond acceptors (Lipinski definition) is 3. The van der Waals surface area contributed by atoms with Gasteiger partial charge in [-0.2, -0.15) is 0 Å². The minimum absolute atomic E-state index is 0.311. The Kier molecular flexibility index (Phi) is 2.58. The molecule has 0 amide bonds. The molecule has 0 spiro atoms. The second-order valence-electron chi connectivity index (χ2n) is 4.67. The fourth-order valence-electron chi connectivity index (χ4n) is 2.51. The van der Waals surface area contributed by atoms with E-state index in [1.54, 1.807) is 0 Å². The molecular formula is C10H20N2O. The van der Waals surface area contributed by atoms with Crippen molar-refractivity contribution >= 4 is 0 Å². The van der Waals surface area contributed by atoms with Crippen molar-refractivity contribution in [2.75, 3.05) is 19.6 Å². The number of nitrogens with one attached hydrogen (secondary N) is 2. The van der Waals surface area contributed by atoms with E-state index in [-0.39, 0.29) is 0 Å². The molecule has 0 aromatic carbocycles. The highest BCUT2D eigenvalue weighted by atomic mass is 16.3. The van der Waals surface area contributed by atoms with Crippen LogP contribution >= 0.6 is 0 Å². The monoisotopic (exact) mass is 184 g/mol. The molecule has 2 aliphatic rings. The molecule has 0 aromatic heterocycles. The van der Waals surface area contributed by atoms with Gasteiger partial charge in [0.2, 0.25) is 0 Å². The number of piperidine rings is 1. The molecule has 13 heavy (non-hydrogen) atoms. The molecule has 3 heteroatoms. The van der Waals surface area contributed by atoms with Crippen LogP contribution in [0.5, 0.6) is 0 Å². The van der Waals surface area contributed by atoms with Crippen LogP contribution in [0.1, 0.15) is 26.2 Å². The summed E-state index contributed by atoms with van der Waals surface area (Å²) in [5, 5.41) is 17.0. The van der Waals surface area contributed by atoms with Crippen LogP contribution in [0.25, 0.3) is 0 Å². The molecule has 0 aromatic rings. The fraction of sp³-hybridized carbons (Fsp3) is 1.00. The van der Waals surface area contributed by atoms with E-state index in [1.807, 2.05) is 0 Å². The molecule has 3 nitrogen and oxygen atoms in total. The van der Waals surface area contributed by atoms with Crippen molar-refractivity contribution in [2.24, 2.45) is 5.92 Å². The van der Waals surface area contributed by atoms with E-state index in [9.17, 15) is 5.11 Å². The van der Waals surface area contributed by atoms with Crippen LogP contribution in [-0.2, 0) is 0 Å². The molecule has 2 aliphatic heterocycles. The van der Waals surface area contributed by atoms with Gasteiger partial charge < -0.3 is 15.7 Å². The Morgan fingerprint density at radius 2 is 2.23 bits per heavy atom. The quantitative estimate of drug-likeness (QED) is 0.541. The first-order valence-electron chi connectivity index (χ1n) is 5.37. The molecule has 2 fully saturated rings. The average Bonchev–Trinajstić information content (AvgIpc) is 2.54. The van der Waals surface area contributed by atoms with Crippen LogP contribution in [0.2, 0.25) is 0 Å². The van der Waals surface area contributed by atoms with Crippen molar-refractivity contribution in [3.63, 3.8) is 0 Å². The predicted molar refractivity (Wildman–Crippen MR) is 52.6 cm³/mol. The Labute approximate surface area is 79.9 Å². The molecule has 3 unspecified atom stereocenters. The normalized spacial score (nSPS) is 46.6. The van der Waals surface area contributed by atoms with E-state index >= 15 is 0 Å². The van der Waals surface area contributed by atoms with Crippen LogP contribution < -0.4 is 10.6 Å². The van der Waals surface area contributed by atoms with E-state index < -0.39 is 5.60 Å². The third kappa shape index (κ3) is 1.87. The summed E-state index contributed by atoms with van der Waals surface area (Å²) in [6.07, 6.45) is 3.27. The summed E-state index contributed by atoms with van der Waals surface area (Å²) in [5.41, 5.74) is -0.477. The van der Waals surface area contributed by atoms with Crippen LogP contribution in [0.4, 0.5) is 0 Å². The highest BCUT2D eigenvalue weighted by molar-refractivity contribution is 4.99. The lowest BCUT2D eigenvalue weighted by molar-refractivity contribution is 0.00438. The van der Waals surface area contributed by atoms with Gasteiger partial charge in [0.05, 0.1) is 5.60 Å². The van der Waals surface area contributed by atoms with Crippen LogP contribution in [0.3, 0.4) is 0 Å². The zero-order chi connectivity index (χ0) is 9.31.